The van der Waals surface area contributed by atoms with Crippen molar-refractivity contribution in [1.82, 2.24) is 10.2 Å². The maximum Gasteiger partial charge on any atom is 0.224 e. The van der Waals surface area contributed by atoms with Gasteiger partial charge in [0, 0.05) is 38.1 Å². The topological polar surface area (TPSA) is 58.4 Å². The van der Waals surface area contributed by atoms with Crippen LogP contribution in [-0.4, -0.2) is 36.5 Å². The summed E-state index contributed by atoms with van der Waals surface area (Å²) in [5, 5.41) is 3.28. The Kier molecular flexibility index (Phi) is 4.33. The molecule has 1 heterocycles. The van der Waals surface area contributed by atoms with Gasteiger partial charge in [-0.3, -0.25) is 4.79 Å². The molecule has 3 N–H and O–H groups in total. The van der Waals surface area contributed by atoms with E-state index in [-0.39, 0.29) is 18.0 Å². The Bertz CT molecular complexity index is 393. The number of nitrogens with zero attached hydrogens (tertiary/aromatic N) is 1. The van der Waals surface area contributed by atoms with Crippen LogP contribution < -0.4 is 11.1 Å². The van der Waals surface area contributed by atoms with Crippen LogP contribution >= 0.6 is 0 Å². The quantitative estimate of drug-likeness (QED) is 0.834. The van der Waals surface area contributed by atoms with Crippen molar-refractivity contribution in [3.8, 4) is 0 Å². The van der Waals surface area contributed by atoms with Crippen molar-refractivity contribution in [2.75, 3.05) is 19.6 Å². The van der Waals surface area contributed by atoms with Crippen LogP contribution in [0.3, 0.4) is 0 Å². The third-order valence-corrected chi connectivity index (χ3v) is 3.44. The Balaban J connectivity index is 1.94. The molecule has 4 heteroatoms. The van der Waals surface area contributed by atoms with Crippen LogP contribution in [-0.2, 0) is 4.79 Å². The molecule has 0 radical (unpaired) electrons. The van der Waals surface area contributed by atoms with E-state index in [0.29, 0.717) is 6.42 Å². The monoisotopic (exact) mass is 247 g/mol. The Morgan fingerprint density at radius 3 is 2.89 bits per heavy atom. The van der Waals surface area contributed by atoms with Crippen molar-refractivity contribution in [3.05, 3.63) is 35.9 Å². The maximum atomic E-state index is 12.2. The van der Waals surface area contributed by atoms with Crippen LogP contribution in [0.4, 0.5) is 0 Å². The van der Waals surface area contributed by atoms with Gasteiger partial charge in [-0.05, 0) is 12.5 Å². The highest BCUT2D eigenvalue weighted by Gasteiger charge is 2.24. The van der Waals surface area contributed by atoms with Crippen molar-refractivity contribution >= 4 is 5.91 Å². The predicted molar refractivity (Wildman–Crippen MR) is 72.0 cm³/mol. The lowest BCUT2D eigenvalue weighted by Crippen LogP contribution is -2.52. The van der Waals surface area contributed by atoms with Crippen LogP contribution in [0.25, 0.3) is 0 Å². The van der Waals surface area contributed by atoms with Crippen molar-refractivity contribution in [3.63, 3.8) is 0 Å². The summed E-state index contributed by atoms with van der Waals surface area (Å²) in [6.45, 7) is 4.59. The molecule has 1 aliphatic heterocycles. The summed E-state index contributed by atoms with van der Waals surface area (Å²) in [5.74, 6) is 0.153. The van der Waals surface area contributed by atoms with Gasteiger partial charge in [-0.2, -0.15) is 0 Å². The first-order chi connectivity index (χ1) is 8.68. The van der Waals surface area contributed by atoms with E-state index in [1.807, 2.05) is 35.2 Å². The highest BCUT2D eigenvalue weighted by molar-refractivity contribution is 5.77. The highest BCUT2D eigenvalue weighted by Crippen LogP contribution is 2.16. The van der Waals surface area contributed by atoms with E-state index < -0.39 is 0 Å². The van der Waals surface area contributed by atoms with E-state index in [1.165, 1.54) is 0 Å². The second-order valence-electron chi connectivity index (χ2n) is 4.86. The molecule has 1 aromatic carbocycles. The Hall–Kier alpha value is -1.39. The standard InChI is InChI=1S/C14H21N3O/c1-11-10-16-7-8-17(11)14(18)9-13(15)12-5-3-2-4-6-12/h2-6,11,13,16H,7-10,15H2,1H3/t11-,13+/m0/s1. The summed E-state index contributed by atoms with van der Waals surface area (Å²) in [6.07, 6.45) is 0.383. The highest BCUT2D eigenvalue weighted by atomic mass is 16.2. The molecule has 4 nitrogen and oxygen atoms in total. The van der Waals surface area contributed by atoms with Crippen LogP contribution in [0.5, 0.6) is 0 Å². The van der Waals surface area contributed by atoms with Crippen molar-refractivity contribution in [2.24, 2.45) is 5.73 Å². The molecule has 1 fully saturated rings. The third-order valence-electron chi connectivity index (χ3n) is 3.44. The Morgan fingerprint density at radius 2 is 2.22 bits per heavy atom. The van der Waals surface area contributed by atoms with Crippen LogP contribution in [0.15, 0.2) is 30.3 Å². The molecule has 1 aromatic rings. The summed E-state index contributed by atoms with van der Waals surface area (Å²) >= 11 is 0. The zero-order valence-corrected chi connectivity index (χ0v) is 10.8. The fourth-order valence-corrected chi connectivity index (χ4v) is 2.34. The molecule has 0 spiro atoms. The zero-order valence-electron chi connectivity index (χ0n) is 10.8. The molecule has 98 valence electrons. The number of carbonyl (C=O) groups is 1. The third kappa shape index (κ3) is 3.09. The predicted octanol–water partition coefficient (Wildman–Crippen LogP) is 0.897. The summed E-state index contributed by atoms with van der Waals surface area (Å²) in [5.41, 5.74) is 7.11. The lowest BCUT2D eigenvalue weighted by atomic mass is 10.0. The second-order valence-corrected chi connectivity index (χ2v) is 4.86. The number of hydrogen-bond donors (Lipinski definition) is 2. The van der Waals surface area contributed by atoms with Gasteiger partial charge in [0.2, 0.25) is 5.91 Å². The van der Waals surface area contributed by atoms with Gasteiger partial charge in [0.05, 0.1) is 0 Å². The van der Waals surface area contributed by atoms with Gasteiger partial charge in [-0.1, -0.05) is 30.3 Å². The van der Waals surface area contributed by atoms with Gasteiger partial charge in [-0.25, -0.2) is 0 Å². The molecule has 18 heavy (non-hydrogen) atoms. The van der Waals surface area contributed by atoms with Gasteiger partial charge in [0.1, 0.15) is 0 Å². The number of nitrogens with two attached hydrogens (primary N) is 1. The van der Waals surface area contributed by atoms with Gasteiger partial charge >= 0.3 is 0 Å². The molecule has 1 amide bonds. The van der Waals surface area contributed by atoms with Gasteiger partial charge < -0.3 is 16.0 Å². The first-order valence-electron chi connectivity index (χ1n) is 6.49. The van der Waals surface area contributed by atoms with E-state index in [0.717, 1.165) is 25.2 Å². The normalized spacial score (nSPS) is 21.7. The largest absolute Gasteiger partial charge is 0.337 e. The molecule has 0 saturated carbocycles. The Labute approximate surface area is 108 Å². The number of benzene rings is 1. The average Bonchev–Trinajstić information content (AvgIpc) is 2.40. The molecule has 1 saturated heterocycles. The van der Waals surface area contributed by atoms with Crippen LogP contribution in [0.2, 0.25) is 0 Å². The lowest BCUT2D eigenvalue weighted by molar-refractivity contribution is -0.134. The van der Waals surface area contributed by atoms with E-state index in [9.17, 15) is 4.79 Å². The fourth-order valence-electron chi connectivity index (χ4n) is 2.34. The van der Waals surface area contributed by atoms with E-state index in [2.05, 4.69) is 12.2 Å². The first kappa shape index (κ1) is 13.1. The van der Waals surface area contributed by atoms with Crippen molar-refractivity contribution in [2.45, 2.75) is 25.4 Å². The minimum Gasteiger partial charge on any atom is -0.337 e. The molecule has 2 atom stereocenters. The van der Waals surface area contributed by atoms with Gasteiger partial charge in [0.15, 0.2) is 0 Å². The first-order valence-corrected chi connectivity index (χ1v) is 6.49. The van der Waals surface area contributed by atoms with E-state index in [4.69, 9.17) is 5.73 Å². The zero-order chi connectivity index (χ0) is 13.0. The summed E-state index contributed by atoms with van der Waals surface area (Å²) in [4.78, 5) is 14.1. The number of rotatable bonds is 3. The van der Waals surface area contributed by atoms with Crippen molar-refractivity contribution in [1.29, 1.82) is 0 Å². The number of carbonyl (C=O) groups excluding carboxylic acids is 1. The SMILES string of the molecule is C[C@H]1CNCCN1C(=O)C[C@@H](N)c1ccccc1. The van der Waals surface area contributed by atoms with Crippen molar-refractivity contribution < 1.29 is 4.79 Å². The fraction of sp³-hybridized carbons (Fsp3) is 0.500. The lowest BCUT2D eigenvalue weighted by Gasteiger charge is -2.34. The molecule has 2 rings (SSSR count). The molecule has 0 unspecified atom stereocenters. The number of piperazine rings is 1. The smallest absolute Gasteiger partial charge is 0.224 e. The molecular weight excluding hydrogens is 226 g/mol. The molecule has 0 aliphatic carbocycles. The van der Waals surface area contributed by atoms with E-state index >= 15 is 0 Å². The maximum absolute atomic E-state index is 12.2. The molecular formula is C14H21N3O. The number of nitrogens with one attached hydrogen (secondary N) is 1. The molecule has 0 aromatic heterocycles. The summed E-state index contributed by atoms with van der Waals surface area (Å²) < 4.78 is 0. The minimum absolute atomic E-state index is 0.153. The minimum atomic E-state index is -0.208. The summed E-state index contributed by atoms with van der Waals surface area (Å²) in [6, 6.07) is 9.85. The van der Waals surface area contributed by atoms with Gasteiger partial charge in [-0.15, -0.1) is 0 Å². The Morgan fingerprint density at radius 1 is 1.50 bits per heavy atom. The number of amides is 1. The average molecular weight is 247 g/mol. The molecule has 1 aliphatic rings. The summed E-state index contributed by atoms with van der Waals surface area (Å²) in [7, 11) is 0. The second kappa shape index (κ2) is 5.98. The van der Waals surface area contributed by atoms with Crippen LogP contribution in [0.1, 0.15) is 24.9 Å². The van der Waals surface area contributed by atoms with Crippen LogP contribution in [0, 0.1) is 0 Å². The van der Waals surface area contributed by atoms with Gasteiger partial charge in [0.25, 0.3) is 0 Å². The number of hydrogen-bond acceptors (Lipinski definition) is 3. The molecule has 0 bridgehead atoms. The van der Waals surface area contributed by atoms with E-state index in [1.54, 1.807) is 0 Å².